The molecule has 0 aliphatic heterocycles. The first-order valence-corrected chi connectivity index (χ1v) is 7.37. The summed E-state index contributed by atoms with van der Waals surface area (Å²) in [6.45, 7) is 14.8. The third kappa shape index (κ3) is 4.63. The second-order valence-electron chi connectivity index (χ2n) is 5.72. The Morgan fingerprint density at radius 2 is 1.75 bits per heavy atom. The van der Waals surface area contributed by atoms with E-state index >= 15 is 0 Å². The van der Waals surface area contributed by atoms with Crippen LogP contribution in [0.4, 0.5) is 11.6 Å². The zero-order valence-corrected chi connectivity index (χ0v) is 13.6. The molecule has 114 valence electrons. The molecular formula is C15H28N4O. The Labute approximate surface area is 122 Å². The minimum Gasteiger partial charge on any atom is -0.374 e. The van der Waals surface area contributed by atoms with Crippen LogP contribution in [0.3, 0.4) is 0 Å². The Balaban J connectivity index is 2.91. The standard InChI is InChI=1S/C15H28N4O/c1-7-16-13-12(11(3)4)14(19-10-18-13)17-9-15(5,6)20-8-2/h10-11H,7-9H2,1-6H3,(H2,16,17,18,19). The highest BCUT2D eigenvalue weighted by atomic mass is 16.5. The third-order valence-electron chi connectivity index (χ3n) is 3.02. The predicted octanol–water partition coefficient (Wildman–Crippen LogP) is 3.26. The highest BCUT2D eigenvalue weighted by Crippen LogP contribution is 2.28. The molecule has 0 saturated heterocycles. The Hall–Kier alpha value is -1.36. The lowest BCUT2D eigenvalue weighted by molar-refractivity contribution is 0.000627. The fourth-order valence-electron chi connectivity index (χ4n) is 2.13. The van der Waals surface area contributed by atoms with Crippen LogP contribution >= 0.6 is 0 Å². The highest BCUT2D eigenvalue weighted by molar-refractivity contribution is 5.59. The minimum atomic E-state index is -0.216. The van der Waals surface area contributed by atoms with Gasteiger partial charge in [0.05, 0.1) is 5.60 Å². The SMILES string of the molecule is CCNc1ncnc(NCC(C)(C)OCC)c1C(C)C. The van der Waals surface area contributed by atoms with Gasteiger partial charge in [-0.3, -0.25) is 0 Å². The summed E-state index contributed by atoms with van der Waals surface area (Å²) in [5, 5.41) is 6.70. The summed E-state index contributed by atoms with van der Waals surface area (Å²) < 4.78 is 5.71. The van der Waals surface area contributed by atoms with E-state index < -0.39 is 0 Å². The maximum atomic E-state index is 5.71. The summed E-state index contributed by atoms with van der Waals surface area (Å²) in [4.78, 5) is 8.73. The van der Waals surface area contributed by atoms with Crippen LogP contribution in [0.5, 0.6) is 0 Å². The molecule has 20 heavy (non-hydrogen) atoms. The quantitative estimate of drug-likeness (QED) is 0.765. The van der Waals surface area contributed by atoms with E-state index in [9.17, 15) is 0 Å². The molecule has 5 heteroatoms. The van der Waals surface area contributed by atoms with Crippen LogP contribution in [-0.4, -0.2) is 35.3 Å². The van der Waals surface area contributed by atoms with Gasteiger partial charge in [0.2, 0.25) is 0 Å². The largest absolute Gasteiger partial charge is 0.374 e. The van der Waals surface area contributed by atoms with E-state index in [0.717, 1.165) is 23.7 Å². The molecule has 0 aromatic carbocycles. The molecular weight excluding hydrogens is 252 g/mol. The number of ether oxygens (including phenoxy) is 1. The molecule has 0 unspecified atom stereocenters. The molecule has 0 fully saturated rings. The van der Waals surface area contributed by atoms with Gasteiger partial charge in [0.15, 0.2) is 0 Å². The summed E-state index contributed by atoms with van der Waals surface area (Å²) in [5.74, 6) is 2.15. The normalized spacial score (nSPS) is 11.8. The lowest BCUT2D eigenvalue weighted by atomic mass is 10.0. The summed E-state index contributed by atoms with van der Waals surface area (Å²) in [7, 11) is 0. The van der Waals surface area contributed by atoms with Crippen molar-refractivity contribution in [3.63, 3.8) is 0 Å². The second-order valence-corrected chi connectivity index (χ2v) is 5.72. The average Bonchev–Trinajstić information content (AvgIpc) is 2.36. The van der Waals surface area contributed by atoms with Crippen LogP contribution in [0.2, 0.25) is 0 Å². The van der Waals surface area contributed by atoms with Crippen molar-refractivity contribution in [3.8, 4) is 0 Å². The number of hydrogen-bond acceptors (Lipinski definition) is 5. The van der Waals surface area contributed by atoms with Crippen molar-refractivity contribution < 1.29 is 4.74 Å². The maximum Gasteiger partial charge on any atom is 0.135 e. The van der Waals surface area contributed by atoms with E-state index in [1.165, 1.54) is 0 Å². The highest BCUT2D eigenvalue weighted by Gasteiger charge is 2.20. The Morgan fingerprint density at radius 3 is 2.25 bits per heavy atom. The fourth-order valence-corrected chi connectivity index (χ4v) is 2.13. The van der Waals surface area contributed by atoms with Gasteiger partial charge in [0, 0.05) is 25.3 Å². The minimum absolute atomic E-state index is 0.216. The van der Waals surface area contributed by atoms with Crippen molar-refractivity contribution in [3.05, 3.63) is 11.9 Å². The van der Waals surface area contributed by atoms with E-state index in [4.69, 9.17) is 4.74 Å². The van der Waals surface area contributed by atoms with Crippen molar-refractivity contribution in [1.82, 2.24) is 9.97 Å². The van der Waals surface area contributed by atoms with Crippen LogP contribution in [0.25, 0.3) is 0 Å². The average molecular weight is 280 g/mol. The first-order chi connectivity index (χ1) is 9.41. The topological polar surface area (TPSA) is 59.1 Å². The van der Waals surface area contributed by atoms with E-state index in [0.29, 0.717) is 19.1 Å². The molecule has 0 atom stereocenters. The van der Waals surface area contributed by atoms with Gasteiger partial charge in [-0.25, -0.2) is 9.97 Å². The smallest absolute Gasteiger partial charge is 0.135 e. The number of aromatic nitrogens is 2. The number of nitrogens with one attached hydrogen (secondary N) is 2. The molecule has 0 bridgehead atoms. The maximum absolute atomic E-state index is 5.71. The van der Waals surface area contributed by atoms with Crippen LogP contribution < -0.4 is 10.6 Å². The van der Waals surface area contributed by atoms with Crippen molar-refractivity contribution in [2.75, 3.05) is 30.3 Å². The first-order valence-electron chi connectivity index (χ1n) is 7.37. The van der Waals surface area contributed by atoms with Gasteiger partial charge in [-0.2, -0.15) is 0 Å². The molecule has 0 saturated carbocycles. The van der Waals surface area contributed by atoms with E-state index in [1.807, 2.05) is 6.92 Å². The van der Waals surface area contributed by atoms with Crippen molar-refractivity contribution in [2.24, 2.45) is 0 Å². The molecule has 1 aromatic rings. The summed E-state index contributed by atoms with van der Waals surface area (Å²) >= 11 is 0. The Bertz CT molecular complexity index is 418. The van der Waals surface area contributed by atoms with E-state index in [-0.39, 0.29) is 5.60 Å². The molecule has 5 nitrogen and oxygen atoms in total. The number of rotatable bonds is 8. The van der Waals surface area contributed by atoms with Gasteiger partial charge in [-0.15, -0.1) is 0 Å². The molecule has 1 heterocycles. The third-order valence-corrected chi connectivity index (χ3v) is 3.02. The Kier molecular flexibility index (Phi) is 6.20. The number of hydrogen-bond donors (Lipinski definition) is 2. The van der Waals surface area contributed by atoms with Gasteiger partial charge < -0.3 is 15.4 Å². The fraction of sp³-hybridized carbons (Fsp3) is 0.733. The molecule has 1 aromatic heterocycles. The molecule has 0 aliphatic rings. The lowest BCUT2D eigenvalue weighted by Crippen LogP contribution is -2.34. The molecule has 0 radical (unpaired) electrons. The predicted molar refractivity (Wildman–Crippen MR) is 84.5 cm³/mol. The zero-order valence-electron chi connectivity index (χ0n) is 13.6. The number of nitrogens with zero attached hydrogens (tertiary/aromatic N) is 2. The van der Waals surface area contributed by atoms with Gasteiger partial charge in [-0.05, 0) is 33.6 Å². The monoisotopic (exact) mass is 280 g/mol. The summed E-state index contributed by atoms with van der Waals surface area (Å²) in [6.07, 6.45) is 1.60. The van der Waals surface area contributed by atoms with Crippen molar-refractivity contribution >= 4 is 11.6 Å². The van der Waals surface area contributed by atoms with Crippen LogP contribution in [-0.2, 0) is 4.74 Å². The molecule has 1 rings (SSSR count). The lowest BCUT2D eigenvalue weighted by Gasteiger charge is -2.26. The van der Waals surface area contributed by atoms with Gasteiger partial charge in [0.1, 0.15) is 18.0 Å². The second kappa shape index (κ2) is 7.43. The van der Waals surface area contributed by atoms with Gasteiger partial charge in [0.25, 0.3) is 0 Å². The van der Waals surface area contributed by atoms with Crippen LogP contribution in [0.1, 0.15) is 53.0 Å². The zero-order chi connectivity index (χ0) is 15.2. The molecule has 0 aliphatic carbocycles. The summed E-state index contributed by atoms with van der Waals surface area (Å²) in [5.41, 5.74) is 0.911. The summed E-state index contributed by atoms with van der Waals surface area (Å²) in [6, 6.07) is 0. The van der Waals surface area contributed by atoms with Crippen LogP contribution in [0.15, 0.2) is 6.33 Å². The first kappa shape index (κ1) is 16.7. The van der Waals surface area contributed by atoms with Crippen molar-refractivity contribution in [2.45, 2.75) is 53.1 Å². The van der Waals surface area contributed by atoms with Crippen molar-refractivity contribution in [1.29, 1.82) is 0 Å². The molecule has 0 spiro atoms. The van der Waals surface area contributed by atoms with E-state index in [1.54, 1.807) is 6.33 Å². The van der Waals surface area contributed by atoms with E-state index in [2.05, 4.69) is 55.2 Å². The van der Waals surface area contributed by atoms with Gasteiger partial charge in [-0.1, -0.05) is 13.8 Å². The molecule has 2 N–H and O–H groups in total. The Morgan fingerprint density at radius 1 is 1.15 bits per heavy atom. The van der Waals surface area contributed by atoms with Crippen LogP contribution in [0, 0.1) is 0 Å². The molecule has 0 amide bonds. The number of anilines is 2. The van der Waals surface area contributed by atoms with Gasteiger partial charge >= 0.3 is 0 Å².